The van der Waals surface area contributed by atoms with E-state index in [2.05, 4.69) is 4.98 Å². The van der Waals surface area contributed by atoms with Gasteiger partial charge < -0.3 is 24.4 Å². The van der Waals surface area contributed by atoms with Crippen LogP contribution in [-0.4, -0.2) is 45.4 Å². The molecule has 0 N–H and O–H groups in total. The molecule has 0 aliphatic rings. The number of fused-ring (bicyclic) bond motifs is 1. The first-order valence-electron chi connectivity index (χ1n) is 4.12. The molecule has 0 bridgehead atoms. The second kappa shape index (κ2) is 13.8. The van der Waals surface area contributed by atoms with E-state index < -0.39 is 7.82 Å². The summed E-state index contributed by atoms with van der Waals surface area (Å²) in [7, 11) is -5.39. The van der Waals surface area contributed by atoms with Crippen LogP contribution in [0.3, 0.4) is 0 Å². The fourth-order valence-corrected chi connectivity index (χ4v) is 1.08. The van der Waals surface area contributed by atoms with Gasteiger partial charge in [0, 0.05) is 6.20 Å². The number of phosphoric acid groups is 1. The summed E-state index contributed by atoms with van der Waals surface area (Å²) in [6.45, 7) is 0. The van der Waals surface area contributed by atoms with Crippen molar-refractivity contribution in [3.63, 3.8) is 0 Å². The van der Waals surface area contributed by atoms with Gasteiger partial charge in [-0.1, -0.05) is 30.0 Å². The predicted molar refractivity (Wildman–Crippen MR) is 60.3 cm³/mol. The minimum Gasteiger partial charge on any atom is -0.871 e. The van der Waals surface area contributed by atoms with Gasteiger partial charge in [0.15, 0.2) is 0 Å². The van der Waals surface area contributed by atoms with Crippen LogP contribution in [0.25, 0.3) is 10.9 Å². The van der Waals surface area contributed by atoms with Crippen LogP contribution >= 0.6 is 7.82 Å². The molecule has 0 radical (unpaired) electrons. The van der Waals surface area contributed by atoms with E-state index >= 15 is 0 Å². The van der Waals surface area contributed by atoms with Crippen molar-refractivity contribution in [2.75, 3.05) is 0 Å². The standard InChI is InChI=1S/C9H7NO.Ag.Al.Mg.H3O4P.Zn/c11-8-5-1-3-7-4-2-6-10-9(7)8;;;;1-5(2,3)4;/h1-6,11H;;;;(H3,1,2,3,4);/q;+1;+3;+2;;+2/p-4. The van der Waals surface area contributed by atoms with Crippen LogP contribution in [0.2, 0.25) is 0 Å². The summed E-state index contributed by atoms with van der Waals surface area (Å²) < 4.78 is 8.55. The van der Waals surface area contributed by atoms with Gasteiger partial charge in [-0.05, 0) is 11.5 Å². The molecule has 0 aliphatic heterocycles. The Kier molecular flexibility index (Phi) is 20.2. The zero-order chi connectivity index (χ0) is 12.2. The summed E-state index contributed by atoms with van der Waals surface area (Å²) >= 11 is 0. The first-order chi connectivity index (χ1) is 7.38. The molecule has 2 aromatic rings. The maximum Gasteiger partial charge on any atom is 3.00 e. The Morgan fingerprint density at radius 2 is 1.50 bits per heavy atom. The second-order valence-electron chi connectivity index (χ2n) is 2.78. The van der Waals surface area contributed by atoms with E-state index in [4.69, 9.17) is 19.2 Å². The summed E-state index contributed by atoms with van der Waals surface area (Å²) in [6.07, 6.45) is 1.63. The Morgan fingerprint density at radius 3 is 1.95 bits per heavy atom. The van der Waals surface area contributed by atoms with E-state index in [1.54, 1.807) is 12.3 Å². The summed E-state index contributed by atoms with van der Waals surface area (Å²) in [5.74, 6) is -0.0110. The molecule has 0 spiro atoms. The summed E-state index contributed by atoms with van der Waals surface area (Å²) in [6, 6.07) is 8.84. The van der Waals surface area contributed by atoms with Gasteiger partial charge in [-0.3, -0.25) is 4.98 Å². The maximum absolute atomic E-state index is 11.1. The topological polar surface area (TPSA) is 122 Å². The Morgan fingerprint density at radius 1 is 1.05 bits per heavy atom. The molecule has 0 saturated carbocycles. The third-order valence-electron chi connectivity index (χ3n) is 1.60. The number of benzene rings is 1. The minimum atomic E-state index is -5.39. The van der Waals surface area contributed by atoms with Crippen LogP contribution in [0, 0.1) is 0 Å². The van der Waals surface area contributed by atoms with Crippen LogP contribution in [0.15, 0.2) is 36.5 Å². The molecule has 1 aromatic heterocycles. The monoisotopic (exact) mass is 461 g/mol. The minimum absolute atomic E-state index is 0. The molecular weight excluding hydrogens is 458 g/mol. The second-order valence-corrected chi connectivity index (χ2v) is 3.67. The summed E-state index contributed by atoms with van der Waals surface area (Å²) in [5, 5.41) is 12.0. The van der Waals surface area contributed by atoms with Crippen LogP contribution in [-0.2, 0) is 46.4 Å². The number of nitrogens with zero attached hydrogens (tertiary/aromatic N) is 1. The van der Waals surface area contributed by atoms with Crippen LogP contribution < -0.4 is 19.8 Å². The Balaban J connectivity index is -0.000000128. The van der Waals surface area contributed by atoms with Gasteiger partial charge in [-0.2, -0.15) is 7.82 Å². The van der Waals surface area contributed by atoms with Crippen LogP contribution in [0.5, 0.6) is 5.75 Å². The Bertz CT molecular complexity index is 533. The molecule has 0 amide bonds. The summed E-state index contributed by atoms with van der Waals surface area (Å²) in [4.78, 5) is 29.6. The van der Waals surface area contributed by atoms with Crippen molar-refractivity contribution >= 4 is 59.1 Å². The number of rotatable bonds is 0. The molecule has 96 valence electrons. The summed E-state index contributed by atoms with van der Waals surface area (Å²) in [5.41, 5.74) is 0.551. The van der Waals surface area contributed by atoms with Gasteiger partial charge in [-0.15, -0.1) is 0 Å². The smallest absolute Gasteiger partial charge is 0.871 e. The molecule has 6 nitrogen and oxygen atoms in total. The number of para-hydroxylation sites is 1. The van der Waals surface area contributed by atoms with E-state index in [1.165, 1.54) is 6.07 Å². The molecule has 1 heterocycles. The third kappa shape index (κ3) is 12.9. The quantitative estimate of drug-likeness (QED) is 0.320. The van der Waals surface area contributed by atoms with E-state index in [0.29, 0.717) is 5.52 Å². The third-order valence-corrected chi connectivity index (χ3v) is 1.60. The van der Waals surface area contributed by atoms with Gasteiger partial charge in [-0.25, -0.2) is 0 Å². The first kappa shape index (κ1) is 29.2. The van der Waals surface area contributed by atoms with Gasteiger partial charge in [0.05, 0.1) is 5.52 Å². The number of pyridine rings is 1. The van der Waals surface area contributed by atoms with Crippen molar-refractivity contribution in [3.8, 4) is 5.75 Å². The van der Waals surface area contributed by atoms with Crippen molar-refractivity contribution in [2.45, 2.75) is 0 Å². The largest absolute Gasteiger partial charge is 3.00 e. The Labute approximate surface area is 171 Å². The normalized spacial score (nSPS) is 8.55. The van der Waals surface area contributed by atoms with E-state index in [9.17, 15) is 5.11 Å². The molecule has 0 atom stereocenters. The van der Waals surface area contributed by atoms with Gasteiger partial charge >= 0.3 is 82.3 Å². The molecule has 0 aliphatic carbocycles. The molecule has 2 rings (SSSR count). The molecule has 0 saturated heterocycles. The van der Waals surface area contributed by atoms with Crippen molar-refractivity contribution in [1.29, 1.82) is 0 Å². The van der Waals surface area contributed by atoms with Crippen LogP contribution in [0.4, 0.5) is 0 Å². The molecular formula is C9H6AgAlMgNO5PZn+4. The van der Waals surface area contributed by atoms with Crippen molar-refractivity contribution in [1.82, 2.24) is 4.98 Å². The van der Waals surface area contributed by atoms with Crippen molar-refractivity contribution < 1.29 is 66.2 Å². The fraction of sp³-hybridized carbons (Fsp3) is 0. The first-order valence-corrected chi connectivity index (χ1v) is 5.58. The molecule has 11 heteroatoms. The van der Waals surface area contributed by atoms with Gasteiger partial charge in [0.1, 0.15) is 0 Å². The van der Waals surface area contributed by atoms with Crippen molar-refractivity contribution in [3.05, 3.63) is 36.5 Å². The van der Waals surface area contributed by atoms with E-state index in [1.807, 2.05) is 18.2 Å². The molecule has 0 unspecified atom stereocenters. The molecule has 0 fully saturated rings. The number of hydrogen-bond acceptors (Lipinski definition) is 6. The maximum atomic E-state index is 11.1. The van der Waals surface area contributed by atoms with E-state index in [0.717, 1.165) is 5.39 Å². The molecule has 1 aromatic carbocycles. The van der Waals surface area contributed by atoms with Crippen LogP contribution in [0.1, 0.15) is 0 Å². The average Bonchev–Trinajstić information content (AvgIpc) is 2.16. The zero-order valence-electron chi connectivity index (χ0n) is 10.2. The SMILES string of the molecule is O=P([O-])([O-])[O-].[Ag+].[Al+3].[Mg+2].[O-]c1cccc2cccnc12.[Zn+2]. The average molecular weight is 464 g/mol. The van der Waals surface area contributed by atoms with E-state index in [-0.39, 0.29) is 88.0 Å². The molecule has 20 heavy (non-hydrogen) atoms. The Hall–Kier alpha value is 1.20. The predicted octanol–water partition coefficient (Wildman–Crippen LogP) is -2.28. The zero-order valence-corrected chi connectivity index (χ0v) is 18.1. The number of aromatic nitrogens is 1. The van der Waals surface area contributed by atoms with Gasteiger partial charge in [0.25, 0.3) is 0 Å². The number of hydrogen-bond donors (Lipinski definition) is 0. The fourth-order valence-electron chi connectivity index (χ4n) is 1.08. The van der Waals surface area contributed by atoms with Crippen molar-refractivity contribution in [2.24, 2.45) is 0 Å². The van der Waals surface area contributed by atoms with Gasteiger partial charge in [0.2, 0.25) is 0 Å².